The van der Waals surface area contributed by atoms with Gasteiger partial charge >= 0.3 is 0 Å². The number of likely N-dealkylation sites (tertiary alicyclic amines) is 1. The van der Waals surface area contributed by atoms with Crippen molar-refractivity contribution < 1.29 is 9.59 Å². The van der Waals surface area contributed by atoms with Crippen LogP contribution < -0.4 is 10.6 Å². The molecule has 1 aromatic heterocycles. The zero-order valence-electron chi connectivity index (χ0n) is 19.4. The molecular weight excluding hydrogens is 412 g/mol. The van der Waals surface area contributed by atoms with E-state index in [2.05, 4.69) is 22.5 Å². The summed E-state index contributed by atoms with van der Waals surface area (Å²) in [6, 6.07) is 17.6. The van der Waals surface area contributed by atoms with Gasteiger partial charge in [-0.15, -0.1) is 0 Å². The van der Waals surface area contributed by atoms with E-state index in [1.54, 1.807) is 0 Å². The minimum atomic E-state index is -0.0738. The van der Waals surface area contributed by atoms with Crippen LogP contribution in [-0.2, 0) is 4.79 Å². The standard InChI is InChI=1S/C27H32N4O2/c1-3-26(32)29-21-12-10-20(11-13-21)25-18-23(22-8-4-5-9-24(22)30-25)27(33)28-15-14-19(2)31-16-6-7-17-31/h4-5,8-13,18-19H,3,6-7,14-17H2,1-2H3,(H,28,33)(H,29,32)/t19-/m1/s1. The highest BCUT2D eigenvalue weighted by molar-refractivity contribution is 6.07. The molecule has 2 aromatic carbocycles. The van der Waals surface area contributed by atoms with Crippen molar-refractivity contribution in [2.24, 2.45) is 0 Å². The second-order valence-corrected chi connectivity index (χ2v) is 8.69. The molecule has 2 amide bonds. The van der Waals surface area contributed by atoms with Crippen LogP contribution >= 0.6 is 0 Å². The van der Waals surface area contributed by atoms with E-state index in [0.29, 0.717) is 24.6 Å². The number of anilines is 1. The van der Waals surface area contributed by atoms with Gasteiger partial charge in [0.25, 0.3) is 5.91 Å². The lowest BCUT2D eigenvalue weighted by molar-refractivity contribution is -0.115. The Morgan fingerprint density at radius 2 is 1.79 bits per heavy atom. The van der Waals surface area contributed by atoms with E-state index in [4.69, 9.17) is 4.98 Å². The van der Waals surface area contributed by atoms with E-state index in [1.807, 2.05) is 61.5 Å². The molecule has 1 atom stereocenters. The molecule has 1 fully saturated rings. The molecule has 0 aliphatic carbocycles. The number of rotatable bonds is 8. The lowest BCUT2D eigenvalue weighted by atomic mass is 10.0. The van der Waals surface area contributed by atoms with Crippen LogP contribution in [0.25, 0.3) is 22.2 Å². The van der Waals surface area contributed by atoms with Gasteiger partial charge in [-0.05, 0) is 63.5 Å². The van der Waals surface area contributed by atoms with E-state index in [9.17, 15) is 9.59 Å². The monoisotopic (exact) mass is 444 g/mol. The number of aromatic nitrogens is 1. The van der Waals surface area contributed by atoms with Crippen LogP contribution in [0, 0.1) is 0 Å². The van der Waals surface area contributed by atoms with Crippen molar-refractivity contribution in [3.05, 3.63) is 60.2 Å². The van der Waals surface area contributed by atoms with Crippen molar-refractivity contribution in [1.82, 2.24) is 15.2 Å². The van der Waals surface area contributed by atoms with Crippen LogP contribution in [0.15, 0.2) is 54.6 Å². The minimum Gasteiger partial charge on any atom is -0.352 e. The molecule has 0 saturated carbocycles. The molecular formula is C27H32N4O2. The Kier molecular flexibility index (Phi) is 7.35. The maximum atomic E-state index is 13.2. The van der Waals surface area contributed by atoms with Gasteiger partial charge in [-0.3, -0.25) is 9.59 Å². The van der Waals surface area contributed by atoms with Crippen LogP contribution in [0.4, 0.5) is 5.69 Å². The number of carbonyl (C=O) groups is 2. The number of pyridine rings is 1. The number of hydrogen-bond donors (Lipinski definition) is 2. The summed E-state index contributed by atoms with van der Waals surface area (Å²) in [6.07, 6.45) is 3.92. The topological polar surface area (TPSA) is 74.3 Å². The smallest absolute Gasteiger partial charge is 0.252 e. The van der Waals surface area contributed by atoms with Crippen LogP contribution in [0.1, 0.15) is 49.9 Å². The van der Waals surface area contributed by atoms with Gasteiger partial charge < -0.3 is 15.5 Å². The third-order valence-corrected chi connectivity index (χ3v) is 6.36. The molecule has 2 heterocycles. The van der Waals surface area contributed by atoms with Gasteiger partial charge in [-0.25, -0.2) is 4.98 Å². The SMILES string of the molecule is CCC(=O)Nc1ccc(-c2cc(C(=O)NCC[C@@H](C)N3CCCC3)c3ccccc3n2)cc1. The van der Waals surface area contributed by atoms with Gasteiger partial charge in [0, 0.05) is 35.6 Å². The van der Waals surface area contributed by atoms with E-state index >= 15 is 0 Å². The highest BCUT2D eigenvalue weighted by Gasteiger charge is 2.19. The molecule has 6 heteroatoms. The van der Waals surface area contributed by atoms with Gasteiger partial charge in [0.2, 0.25) is 5.91 Å². The first-order valence-electron chi connectivity index (χ1n) is 11.9. The summed E-state index contributed by atoms with van der Waals surface area (Å²) in [4.78, 5) is 32.1. The molecule has 0 radical (unpaired) electrons. The van der Waals surface area contributed by atoms with Gasteiger partial charge in [-0.1, -0.05) is 37.3 Å². The maximum Gasteiger partial charge on any atom is 0.252 e. The van der Waals surface area contributed by atoms with Crippen molar-refractivity contribution in [3.63, 3.8) is 0 Å². The Hall–Kier alpha value is -3.25. The van der Waals surface area contributed by atoms with Crippen LogP contribution in [-0.4, -0.2) is 47.4 Å². The number of nitrogens with one attached hydrogen (secondary N) is 2. The third kappa shape index (κ3) is 5.57. The first kappa shape index (κ1) is 22.9. The van der Waals surface area contributed by atoms with Crippen molar-refractivity contribution in [2.75, 3.05) is 25.0 Å². The van der Waals surface area contributed by atoms with Crippen molar-refractivity contribution in [1.29, 1.82) is 0 Å². The number of para-hydroxylation sites is 1. The van der Waals surface area contributed by atoms with Crippen LogP contribution in [0.2, 0.25) is 0 Å². The molecule has 3 aromatic rings. The summed E-state index contributed by atoms with van der Waals surface area (Å²) >= 11 is 0. The van der Waals surface area contributed by atoms with Crippen molar-refractivity contribution in [3.8, 4) is 11.3 Å². The molecule has 33 heavy (non-hydrogen) atoms. The Balaban J connectivity index is 1.52. The molecule has 172 valence electrons. The number of amides is 2. The van der Waals surface area contributed by atoms with Crippen molar-refractivity contribution in [2.45, 2.75) is 45.6 Å². The average molecular weight is 445 g/mol. The first-order chi connectivity index (χ1) is 16.0. The zero-order valence-corrected chi connectivity index (χ0v) is 19.4. The predicted octanol–water partition coefficient (Wildman–Crippen LogP) is 4.85. The van der Waals surface area contributed by atoms with E-state index < -0.39 is 0 Å². The van der Waals surface area contributed by atoms with E-state index in [0.717, 1.165) is 47.4 Å². The lowest BCUT2D eigenvalue weighted by Crippen LogP contribution is -2.34. The molecule has 1 aliphatic heterocycles. The quantitative estimate of drug-likeness (QED) is 0.521. The van der Waals surface area contributed by atoms with Crippen LogP contribution in [0.5, 0.6) is 0 Å². The third-order valence-electron chi connectivity index (χ3n) is 6.36. The zero-order chi connectivity index (χ0) is 23.2. The summed E-state index contributed by atoms with van der Waals surface area (Å²) in [5.41, 5.74) is 3.79. The summed E-state index contributed by atoms with van der Waals surface area (Å²) in [6.45, 7) is 7.03. The Labute approximate surface area is 195 Å². The summed E-state index contributed by atoms with van der Waals surface area (Å²) in [7, 11) is 0. The predicted molar refractivity (Wildman–Crippen MR) is 133 cm³/mol. The summed E-state index contributed by atoms with van der Waals surface area (Å²) in [5, 5.41) is 6.82. The number of fused-ring (bicyclic) bond motifs is 1. The number of nitrogens with zero attached hydrogens (tertiary/aromatic N) is 2. The first-order valence-corrected chi connectivity index (χ1v) is 11.9. The van der Waals surface area contributed by atoms with E-state index in [-0.39, 0.29) is 11.8 Å². The lowest BCUT2D eigenvalue weighted by Gasteiger charge is -2.23. The molecule has 0 bridgehead atoms. The second kappa shape index (κ2) is 10.6. The fraction of sp³-hybridized carbons (Fsp3) is 0.370. The summed E-state index contributed by atoms with van der Waals surface area (Å²) < 4.78 is 0. The molecule has 2 N–H and O–H groups in total. The minimum absolute atomic E-state index is 0.0235. The second-order valence-electron chi connectivity index (χ2n) is 8.69. The largest absolute Gasteiger partial charge is 0.352 e. The Morgan fingerprint density at radius 1 is 1.06 bits per heavy atom. The molecule has 6 nitrogen and oxygen atoms in total. The summed E-state index contributed by atoms with van der Waals surface area (Å²) in [5.74, 6) is -0.0973. The molecule has 0 spiro atoms. The molecule has 4 rings (SSSR count). The van der Waals surface area contributed by atoms with Gasteiger partial charge in [0.1, 0.15) is 0 Å². The van der Waals surface area contributed by atoms with E-state index in [1.165, 1.54) is 12.8 Å². The number of carbonyl (C=O) groups excluding carboxylic acids is 2. The highest BCUT2D eigenvalue weighted by atomic mass is 16.2. The molecule has 1 saturated heterocycles. The van der Waals surface area contributed by atoms with Gasteiger partial charge in [0.05, 0.1) is 16.8 Å². The highest BCUT2D eigenvalue weighted by Crippen LogP contribution is 2.26. The normalized spacial score (nSPS) is 14.8. The Bertz CT molecular complexity index is 1120. The number of benzene rings is 2. The van der Waals surface area contributed by atoms with Crippen molar-refractivity contribution >= 4 is 28.4 Å². The van der Waals surface area contributed by atoms with Crippen LogP contribution in [0.3, 0.4) is 0 Å². The molecule has 0 unspecified atom stereocenters. The average Bonchev–Trinajstić information content (AvgIpc) is 3.39. The number of hydrogen-bond acceptors (Lipinski definition) is 4. The van der Waals surface area contributed by atoms with Gasteiger partial charge in [-0.2, -0.15) is 0 Å². The maximum absolute atomic E-state index is 13.2. The Morgan fingerprint density at radius 3 is 2.52 bits per heavy atom. The fourth-order valence-electron chi connectivity index (χ4n) is 4.34. The van der Waals surface area contributed by atoms with Gasteiger partial charge in [0.15, 0.2) is 0 Å². The fourth-order valence-corrected chi connectivity index (χ4v) is 4.34. The molecule has 1 aliphatic rings.